The van der Waals surface area contributed by atoms with Crippen LogP contribution in [0, 0.1) is 0 Å². The predicted molar refractivity (Wildman–Crippen MR) is 105 cm³/mol. The van der Waals surface area contributed by atoms with E-state index in [1.165, 1.54) is 0 Å². The Bertz CT molecular complexity index is 1120. The molecule has 1 N–H and O–H groups in total. The number of ether oxygens (including phenoxy) is 1. The number of nitrogens with zero attached hydrogens (tertiary/aromatic N) is 4. The number of esters is 1. The zero-order valence-electron chi connectivity index (χ0n) is 16.0. The predicted octanol–water partition coefficient (Wildman–Crippen LogP) is 1.14. The van der Waals surface area contributed by atoms with Gasteiger partial charge in [-0.1, -0.05) is 18.2 Å². The van der Waals surface area contributed by atoms with Crippen molar-refractivity contribution in [2.45, 2.75) is 32.2 Å². The molecular weight excluding hydrogens is 374 g/mol. The van der Waals surface area contributed by atoms with Crippen LogP contribution in [0.2, 0.25) is 0 Å². The lowest BCUT2D eigenvalue weighted by Crippen LogP contribution is -2.37. The van der Waals surface area contributed by atoms with Gasteiger partial charge in [0.1, 0.15) is 18.6 Å². The highest BCUT2D eigenvalue weighted by atomic mass is 16.5. The molecule has 1 aliphatic rings. The van der Waals surface area contributed by atoms with E-state index in [9.17, 15) is 14.4 Å². The molecule has 4 rings (SSSR count). The number of carbonyl (C=O) groups is 2. The van der Waals surface area contributed by atoms with E-state index in [-0.39, 0.29) is 25.6 Å². The Balaban J connectivity index is 1.69. The van der Waals surface area contributed by atoms with Crippen molar-refractivity contribution in [3.63, 3.8) is 0 Å². The molecule has 0 saturated heterocycles. The molecule has 9 nitrogen and oxygen atoms in total. The maximum atomic E-state index is 13.1. The van der Waals surface area contributed by atoms with Crippen LogP contribution in [0.3, 0.4) is 0 Å². The van der Waals surface area contributed by atoms with Gasteiger partial charge in [-0.3, -0.25) is 14.4 Å². The van der Waals surface area contributed by atoms with Crippen LogP contribution in [-0.4, -0.2) is 44.6 Å². The van der Waals surface area contributed by atoms with Crippen molar-refractivity contribution in [3.8, 4) is 5.69 Å². The Kier molecular flexibility index (Phi) is 5.11. The van der Waals surface area contributed by atoms with Gasteiger partial charge in [0.15, 0.2) is 0 Å². The van der Waals surface area contributed by atoms with Gasteiger partial charge in [-0.25, -0.2) is 9.36 Å². The lowest BCUT2D eigenvalue weighted by molar-refractivity contribution is -0.143. The molecule has 1 fully saturated rings. The highest BCUT2D eigenvalue weighted by Crippen LogP contribution is 2.41. The largest absolute Gasteiger partial charge is 0.465 e. The normalized spacial score (nSPS) is 13.4. The number of nitrogens with one attached hydrogen (secondary N) is 1. The Morgan fingerprint density at radius 2 is 2.00 bits per heavy atom. The van der Waals surface area contributed by atoms with E-state index in [2.05, 4.69) is 15.5 Å². The average Bonchev–Trinajstić information content (AvgIpc) is 3.47. The number of rotatable bonds is 7. The van der Waals surface area contributed by atoms with Crippen molar-refractivity contribution in [2.24, 2.45) is 0 Å². The summed E-state index contributed by atoms with van der Waals surface area (Å²) in [6.45, 7) is 1.39. The minimum Gasteiger partial charge on any atom is -0.465 e. The molecule has 9 heteroatoms. The van der Waals surface area contributed by atoms with E-state index in [1.807, 2.05) is 30.3 Å². The van der Waals surface area contributed by atoms with Crippen LogP contribution in [0.5, 0.6) is 0 Å². The first-order valence-electron chi connectivity index (χ1n) is 9.55. The number of fused-ring (bicyclic) bond motifs is 1. The molecule has 2 heterocycles. The minimum absolute atomic E-state index is 0.237. The molecule has 1 amide bonds. The molecule has 3 aromatic rings. The van der Waals surface area contributed by atoms with Crippen LogP contribution in [0.15, 0.2) is 41.3 Å². The number of para-hydroxylation sites is 1. The third-order valence-electron chi connectivity index (χ3n) is 4.70. The molecule has 1 aliphatic carbocycles. The standard InChI is InChI=1S/C20H21N5O4/c1-2-29-17(27)11-21-16(26)12-24-20(28)19-15(18(23-24)13-8-9-13)10-22-25(19)14-6-4-3-5-7-14/h3-7,10,13H,2,8-9,11-12H2,1H3,(H,21,26). The molecule has 0 aliphatic heterocycles. The molecule has 0 atom stereocenters. The summed E-state index contributed by atoms with van der Waals surface area (Å²) in [5.74, 6) is -0.752. The fourth-order valence-electron chi connectivity index (χ4n) is 3.20. The number of carbonyl (C=O) groups excluding carboxylic acids is 2. The minimum atomic E-state index is -0.530. The number of aromatic nitrogens is 4. The Hall–Kier alpha value is -3.49. The van der Waals surface area contributed by atoms with Gasteiger partial charge in [-0.2, -0.15) is 10.2 Å². The zero-order chi connectivity index (χ0) is 20.4. The van der Waals surface area contributed by atoms with Crippen LogP contribution < -0.4 is 10.9 Å². The first-order chi connectivity index (χ1) is 14.1. The van der Waals surface area contributed by atoms with Gasteiger partial charge in [0, 0.05) is 11.3 Å². The van der Waals surface area contributed by atoms with Gasteiger partial charge in [0.2, 0.25) is 5.91 Å². The van der Waals surface area contributed by atoms with Crippen LogP contribution in [0.4, 0.5) is 0 Å². The number of hydrogen-bond acceptors (Lipinski definition) is 6. The Morgan fingerprint density at radius 3 is 2.69 bits per heavy atom. The number of hydrogen-bond donors (Lipinski definition) is 1. The van der Waals surface area contributed by atoms with E-state index < -0.39 is 17.4 Å². The summed E-state index contributed by atoms with van der Waals surface area (Å²) in [6, 6.07) is 9.35. The SMILES string of the molecule is CCOC(=O)CNC(=O)Cn1nc(C2CC2)c2cnn(-c3ccccc3)c2c1=O. The monoisotopic (exact) mass is 395 g/mol. The number of benzene rings is 1. The van der Waals surface area contributed by atoms with Crippen molar-refractivity contribution in [1.82, 2.24) is 24.9 Å². The second kappa shape index (κ2) is 7.86. The summed E-state index contributed by atoms with van der Waals surface area (Å²) in [6.07, 6.45) is 3.65. The van der Waals surface area contributed by atoms with E-state index >= 15 is 0 Å². The van der Waals surface area contributed by atoms with Gasteiger partial charge < -0.3 is 10.1 Å². The van der Waals surface area contributed by atoms with Crippen molar-refractivity contribution in [1.29, 1.82) is 0 Å². The lowest BCUT2D eigenvalue weighted by Gasteiger charge is -2.10. The molecule has 0 spiro atoms. The summed E-state index contributed by atoms with van der Waals surface area (Å²) >= 11 is 0. The smallest absolute Gasteiger partial charge is 0.325 e. The second-order valence-corrected chi connectivity index (χ2v) is 6.86. The van der Waals surface area contributed by atoms with Gasteiger partial charge in [-0.15, -0.1) is 0 Å². The molecule has 1 saturated carbocycles. The fraction of sp³-hybridized carbons (Fsp3) is 0.350. The summed E-state index contributed by atoms with van der Waals surface area (Å²) < 4.78 is 7.52. The van der Waals surface area contributed by atoms with E-state index in [4.69, 9.17) is 4.74 Å². The molecule has 150 valence electrons. The lowest BCUT2D eigenvalue weighted by atomic mass is 10.2. The molecule has 2 aromatic heterocycles. The number of amides is 1. The topological polar surface area (TPSA) is 108 Å². The van der Waals surface area contributed by atoms with E-state index in [0.29, 0.717) is 10.9 Å². The maximum Gasteiger partial charge on any atom is 0.325 e. The van der Waals surface area contributed by atoms with Crippen molar-refractivity contribution < 1.29 is 14.3 Å². The first kappa shape index (κ1) is 18.9. The van der Waals surface area contributed by atoms with Crippen molar-refractivity contribution >= 4 is 22.8 Å². The van der Waals surface area contributed by atoms with Crippen LogP contribution in [0.1, 0.15) is 31.4 Å². The third-order valence-corrected chi connectivity index (χ3v) is 4.70. The van der Waals surface area contributed by atoms with Crippen molar-refractivity contribution in [3.05, 3.63) is 52.6 Å². The maximum absolute atomic E-state index is 13.1. The summed E-state index contributed by atoms with van der Waals surface area (Å²) in [4.78, 5) is 36.8. The van der Waals surface area contributed by atoms with Gasteiger partial charge >= 0.3 is 5.97 Å². The average molecular weight is 395 g/mol. The summed E-state index contributed by atoms with van der Waals surface area (Å²) in [7, 11) is 0. The molecule has 0 unspecified atom stereocenters. The Morgan fingerprint density at radius 1 is 1.24 bits per heavy atom. The van der Waals surface area contributed by atoms with Gasteiger partial charge in [-0.05, 0) is 31.9 Å². The molecule has 0 bridgehead atoms. The van der Waals surface area contributed by atoms with E-state index in [1.54, 1.807) is 17.8 Å². The summed E-state index contributed by atoms with van der Waals surface area (Å²) in [5.41, 5.74) is 1.52. The first-order valence-corrected chi connectivity index (χ1v) is 9.55. The van der Waals surface area contributed by atoms with Crippen LogP contribution >= 0.6 is 0 Å². The van der Waals surface area contributed by atoms with Crippen molar-refractivity contribution in [2.75, 3.05) is 13.2 Å². The molecule has 29 heavy (non-hydrogen) atoms. The van der Waals surface area contributed by atoms with Crippen LogP contribution in [0.25, 0.3) is 16.6 Å². The summed E-state index contributed by atoms with van der Waals surface area (Å²) in [5, 5.41) is 12.0. The van der Waals surface area contributed by atoms with E-state index in [0.717, 1.165) is 28.9 Å². The molecule has 1 aromatic carbocycles. The molecule has 0 radical (unpaired) electrons. The zero-order valence-corrected chi connectivity index (χ0v) is 16.0. The van der Waals surface area contributed by atoms with Gasteiger partial charge in [0.05, 0.1) is 24.2 Å². The molecular formula is C20H21N5O4. The Labute approximate surface area is 166 Å². The fourth-order valence-corrected chi connectivity index (χ4v) is 3.20. The highest BCUT2D eigenvalue weighted by molar-refractivity contribution is 5.84. The third kappa shape index (κ3) is 3.89. The van der Waals surface area contributed by atoms with Crippen LogP contribution in [-0.2, 0) is 20.9 Å². The van der Waals surface area contributed by atoms with Gasteiger partial charge in [0.25, 0.3) is 5.56 Å². The highest BCUT2D eigenvalue weighted by Gasteiger charge is 2.30. The second-order valence-electron chi connectivity index (χ2n) is 6.86. The quantitative estimate of drug-likeness (QED) is 0.601.